The van der Waals surface area contributed by atoms with E-state index in [1.165, 1.54) is 21.3 Å². The van der Waals surface area contributed by atoms with Crippen LogP contribution in [0.5, 0.6) is 17.2 Å². The lowest BCUT2D eigenvalue weighted by atomic mass is 10.1. The molecule has 0 aliphatic carbocycles. The molecule has 1 aliphatic heterocycles. The number of anilines is 1. The first-order valence-corrected chi connectivity index (χ1v) is 9.38. The first-order valence-electron chi connectivity index (χ1n) is 9.38. The Morgan fingerprint density at radius 1 is 1.14 bits per heavy atom. The fourth-order valence-electron chi connectivity index (χ4n) is 3.52. The number of hydrogen-bond acceptors (Lipinski definition) is 5. The van der Waals surface area contributed by atoms with Gasteiger partial charge in [0.25, 0.3) is 0 Å². The van der Waals surface area contributed by atoms with Crippen molar-refractivity contribution in [3.05, 3.63) is 35.7 Å². The quantitative estimate of drug-likeness (QED) is 0.768. The second-order valence-corrected chi connectivity index (χ2v) is 7.03. The van der Waals surface area contributed by atoms with Crippen molar-refractivity contribution < 1.29 is 23.8 Å². The van der Waals surface area contributed by atoms with E-state index in [0.717, 1.165) is 11.4 Å². The van der Waals surface area contributed by atoms with E-state index in [1.807, 2.05) is 30.7 Å². The molecule has 0 spiro atoms. The maximum Gasteiger partial charge on any atom is 0.227 e. The van der Waals surface area contributed by atoms with Gasteiger partial charge in [0.15, 0.2) is 11.5 Å². The van der Waals surface area contributed by atoms with Crippen LogP contribution < -0.4 is 24.4 Å². The van der Waals surface area contributed by atoms with Crippen LogP contribution in [0.2, 0.25) is 0 Å². The molecule has 0 saturated carbocycles. The lowest BCUT2D eigenvalue weighted by Gasteiger charge is -2.20. The SMILES string of the molecule is COc1cc(N2CC(C(=O)NCc3ccc(C)n3C)CC2=O)cc(OC)c1OC. The van der Waals surface area contributed by atoms with Crippen LogP contribution >= 0.6 is 0 Å². The normalized spacial score (nSPS) is 16.1. The first kappa shape index (κ1) is 20.6. The zero-order valence-electron chi connectivity index (χ0n) is 17.4. The van der Waals surface area contributed by atoms with Gasteiger partial charge >= 0.3 is 0 Å². The highest BCUT2D eigenvalue weighted by molar-refractivity contribution is 6.00. The Kier molecular flexibility index (Phi) is 6.00. The zero-order valence-corrected chi connectivity index (χ0v) is 17.4. The van der Waals surface area contributed by atoms with Gasteiger partial charge in [0.2, 0.25) is 17.6 Å². The Morgan fingerprint density at radius 3 is 2.31 bits per heavy atom. The maximum atomic E-state index is 12.6. The van der Waals surface area contributed by atoms with Gasteiger partial charge in [-0.05, 0) is 19.1 Å². The van der Waals surface area contributed by atoms with Crippen molar-refractivity contribution in [3.63, 3.8) is 0 Å². The van der Waals surface area contributed by atoms with Crippen LogP contribution in [0.15, 0.2) is 24.3 Å². The first-order chi connectivity index (χ1) is 13.9. The summed E-state index contributed by atoms with van der Waals surface area (Å²) in [5.41, 5.74) is 2.75. The van der Waals surface area contributed by atoms with Crippen molar-refractivity contribution in [2.24, 2.45) is 13.0 Å². The van der Waals surface area contributed by atoms with Crippen LogP contribution in [-0.2, 0) is 23.2 Å². The number of carbonyl (C=O) groups is 2. The summed E-state index contributed by atoms with van der Waals surface area (Å²) in [5, 5.41) is 2.94. The molecule has 1 saturated heterocycles. The standard InChI is InChI=1S/C21H27N3O5/c1-13-6-7-15(23(13)2)11-22-21(26)14-8-19(25)24(12-14)16-9-17(27-3)20(29-5)18(10-16)28-4/h6-7,9-10,14H,8,11-12H2,1-5H3,(H,22,26). The molecule has 1 aliphatic rings. The number of hydrogen-bond donors (Lipinski definition) is 1. The molecule has 1 fully saturated rings. The van der Waals surface area contributed by atoms with E-state index in [4.69, 9.17) is 14.2 Å². The molecule has 1 unspecified atom stereocenters. The molecule has 0 bridgehead atoms. The molecule has 2 amide bonds. The number of carbonyl (C=O) groups excluding carboxylic acids is 2. The highest BCUT2D eigenvalue weighted by Crippen LogP contribution is 2.42. The van der Waals surface area contributed by atoms with Crippen LogP contribution in [0.4, 0.5) is 5.69 Å². The number of rotatable bonds is 7. The predicted molar refractivity (Wildman–Crippen MR) is 109 cm³/mol. The van der Waals surface area contributed by atoms with Gasteiger partial charge in [0, 0.05) is 43.5 Å². The number of methoxy groups -OCH3 is 3. The summed E-state index contributed by atoms with van der Waals surface area (Å²) in [6, 6.07) is 7.42. The number of nitrogens with one attached hydrogen (secondary N) is 1. The topological polar surface area (TPSA) is 82.0 Å². The van der Waals surface area contributed by atoms with Crippen molar-refractivity contribution in [1.29, 1.82) is 0 Å². The third-order valence-corrected chi connectivity index (χ3v) is 5.38. The van der Waals surface area contributed by atoms with Crippen molar-refractivity contribution in [3.8, 4) is 17.2 Å². The van der Waals surface area contributed by atoms with Gasteiger partial charge in [-0.2, -0.15) is 0 Å². The summed E-state index contributed by atoms with van der Waals surface area (Å²) in [6.07, 6.45) is 0.161. The average Bonchev–Trinajstić information content (AvgIpc) is 3.27. The Hall–Kier alpha value is -3.16. The fourth-order valence-corrected chi connectivity index (χ4v) is 3.52. The van der Waals surface area contributed by atoms with Crippen LogP contribution in [0.1, 0.15) is 17.8 Å². The van der Waals surface area contributed by atoms with Crippen molar-refractivity contribution in [2.75, 3.05) is 32.8 Å². The Labute approximate surface area is 170 Å². The summed E-state index contributed by atoms with van der Waals surface area (Å²) in [6.45, 7) is 2.74. The molecule has 1 aromatic heterocycles. The third-order valence-electron chi connectivity index (χ3n) is 5.38. The molecule has 156 valence electrons. The number of aromatic nitrogens is 1. The van der Waals surface area contributed by atoms with E-state index in [1.54, 1.807) is 17.0 Å². The van der Waals surface area contributed by atoms with Gasteiger partial charge in [-0.15, -0.1) is 0 Å². The zero-order chi connectivity index (χ0) is 21.1. The molecule has 8 nitrogen and oxygen atoms in total. The Bertz CT molecular complexity index is 896. The van der Waals surface area contributed by atoms with Gasteiger partial charge < -0.3 is 29.0 Å². The van der Waals surface area contributed by atoms with Crippen LogP contribution in [-0.4, -0.2) is 44.3 Å². The lowest BCUT2D eigenvalue weighted by molar-refractivity contribution is -0.126. The summed E-state index contributed by atoms with van der Waals surface area (Å²) >= 11 is 0. The van der Waals surface area contributed by atoms with Crippen molar-refractivity contribution in [1.82, 2.24) is 9.88 Å². The largest absolute Gasteiger partial charge is 0.493 e. The predicted octanol–water partition coefficient (Wildman–Crippen LogP) is 2.03. The molecule has 1 N–H and O–H groups in total. The van der Waals surface area contributed by atoms with Crippen LogP contribution in [0.25, 0.3) is 0 Å². The van der Waals surface area contributed by atoms with Gasteiger partial charge in [-0.25, -0.2) is 0 Å². The molecule has 29 heavy (non-hydrogen) atoms. The molecule has 2 aromatic rings. The second-order valence-electron chi connectivity index (χ2n) is 7.03. The van der Waals surface area contributed by atoms with E-state index in [9.17, 15) is 9.59 Å². The van der Waals surface area contributed by atoms with E-state index in [0.29, 0.717) is 36.0 Å². The maximum absolute atomic E-state index is 12.6. The minimum atomic E-state index is -0.414. The molecular formula is C21H27N3O5. The van der Waals surface area contributed by atoms with Gasteiger partial charge in [-0.1, -0.05) is 0 Å². The number of aryl methyl sites for hydroxylation is 1. The van der Waals surface area contributed by atoms with Crippen LogP contribution in [0, 0.1) is 12.8 Å². The molecule has 1 aromatic carbocycles. The molecule has 3 rings (SSSR count). The van der Waals surface area contributed by atoms with E-state index < -0.39 is 5.92 Å². The van der Waals surface area contributed by atoms with Crippen LogP contribution in [0.3, 0.4) is 0 Å². The van der Waals surface area contributed by atoms with Gasteiger partial charge in [-0.3, -0.25) is 9.59 Å². The summed E-state index contributed by atoms with van der Waals surface area (Å²) < 4.78 is 18.1. The minimum Gasteiger partial charge on any atom is -0.493 e. The third kappa shape index (κ3) is 4.01. The number of ether oxygens (including phenoxy) is 3. The minimum absolute atomic E-state index is 0.117. The Balaban J connectivity index is 1.73. The second kappa shape index (κ2) is 8.46. The number of benzene rings is 1. The smallest absolute Gasteiger partial charge is 0.227 e. The highest BCUT2D eigenvalue weighted by atomic mass is 16.5. The molecular weight excluding hydrogens is 374 g/mol. The molecule has 8 heteroatoms. The van der Waals surface area contributed by atoms with Crippen molar-refractivity contribution in [2.45, 2.75) is 19.9 Å². The fraction of sp³-hybridized carbons (Fsp3) is 0.429. The number of amides is 2. The lowest BCUT2D eigenvalue weighted by Crippen LogP contribution is -2.33. The monoisotopic (exact) mass is 401 g/mol. The molecule has 2 heterocycles. The van der Waals surface area contributed by atoms with E-state index >= 15 is 0 Å². The highest BCUT2D eigenvalue weighted by Gasteiger charge is 2.36. The van der Waals surface area contributed by atoms with E-state index in [2.05, 4.69) is 5.32 Å². The summed E-state index contributed by atoms with van der Waals surface area (Å²) in [5.74, 6) is 0.713. The average molecular weight is 401 g/mol. The molecule has 0 radical (unpaired) electrons. The summed E-state index contributed by atoms with van der Waals surface area (Å²) in [7, 11) is 6.53. The molecule has 1 atom stereocenters. The van der Waals surface area contributed by atoms with Gasteiger partial charge in [0.1, 0.15) is 0 Å². The Morgan fingerprint density at radius 2 is 1.79 bits per heavy atom. The van der Waals surface area contributed by atoms with Gasteiger partial charge in [0.05, 0.1) is 39.5 Å². The number of nitrogens with zero attached hydrogens (tertiary/aromatic N) is 2. The van der Waals surface area contributed by atoms with Crippen molar-refractivity contribution >= 4 is 17.5 Å². The summed E-state index contributed by atoms with van der Waals surface area (Å²) in [4.78, 5) is 26.8. The van der Waals surface area contributed by atoms with E-state index in [-0.39, 0.29) is 18.2 Å².